The van der Waals surface area contributed by atoms with E-state index in [1.807, 2.05) is 0 Å². The molecule has 1 saturated carbocycles. The number of aliphatic carboxylic acids is 2. The summed E-state index contributed by atoms with van der Waals surface area (Å²) < 4.78 is 0. The fraction of sp³-hybridized carbons (Fsp3) is 0.750. The van der Waals surface area contributed by atoms with Gasteiger partial charge in [-0.15, -0.1) is 0 Å². The Kier molecular flexibility index (Phi) is 2.56. The Morgan fingerprint density at radius 3 is 2.00 bits per heavy atom. The van der Waals surface area contributed by atoms with Gasteiger partial charge in [0.15, 0.2) is 0 Å². The molecule has 0 bridgehead atoms. The molecule has 0 heterocycles. The van der Waals surface area contributed by atoms with Gasteiger partial charge >= 0.3 is 11.9 Å². The quantitative estimate of drug-likeness (QED) is 0.579. The summed E-state index contributed by atoms with van der Waals surface area (Å²) in [6, 6.07) is -1.28. The first kappa shape index (κ1) is 9.98. The Bertz CT molecular complexity index is 232. The summed E-state index contributed by atoms with van der Waals surface area (Å²) in [5.74, 6) is -2.32. The first-order valence-electron chi connectivity index (χ1n) is 4.22. The molecule has 0 aromatic rings. The van der Waals surface area contributed by atoms with Crippen LogP contribution in [0.15, 0.2) is 0 Å². The summed E-state index contributed by atoms with van der Waals surface area (Å²) in [5.41, 5.74) is 4.15. The van der Waals surface area contributed by atoms with E-state index in [0.717, 1.165) is 12.8 Å². The Hall–Kier alpha value is -1.10. The van der Waals surface area contributed by atoms with Crippen LogP contribution in [-0.4, -0.2) is 28.2 Å². The minimum Gasteiger partial charge on any atom is -0.481 e. The number of hydrogen-bond donors (Lipinski definition) is 3. The van der Waals surface area contributed by atoms with E-state index >= 15 is 0 Å². The van der Waals surface area contributed by atoms with Crippen molar-refractivity contribution in [1.29, 1.82) is 0 Å². The van der Waals surface area contributed by atoms with Crippen LogP contribution in [0.4, 0.5) is 0 Å². The summed E-state index contributed by atoms with van der Waals surface area (Å²) in [4.78, 5) is 21.5. The van der Waals surface area contributed by atoms with Crippen LogP contribution in [0.3, 0.4) is 0 Å². The molecule has 1 aliphatic carbocycles. The van der Waals surface area contributed by atoms with Crippen molar-refractivity contribution in [3.63, 3.8) is 0 Å². The standard InChI is InChI=1S/C8H13NO4/c9-5(6(10)11)8(7(12)13)3-1-2-4-8/h5H,1-4,9H2,(H,10,11)(H,12,13)/t5-/m1/s1. The molecule has 1 atom stereocenters. The summed E-state index contributed by atoms with van der Waals surface area (Å²) in [5, 5.41) is 17.6. The van der Waals surface area contributed by atoms with Gasteiger partial charge in [-0.3, -0.25) is 9.59 Å². The van der Waals surface area contributed by atoms with Crippen molar-refractivity contribution in [2.75, 3.05) is 0 Å². The molecule has 0 aromatic heterocycles. The van der Waals surface area contributed by atoms with Crippen LogP contribution in [0.25, 0.3) is 0 Å². The lowest BCUT2D eigenvalue weighted by Crippen LogP contribution is -2.50. The number of rotatable bonds is 3. The smallest absolute Gasteiger partial charge is 0.321 e. The Morgan fingerprint density at radius 1 is 1.23 bits per heavy atom. The highest BCUT2D eigenvalue weighted by atomic mass is 16.4. The molecule has 0 spiro atoms. The van der Waals surface area contributed by atoms with Crippen molar-refractivity contribution in [1.82, 2.24) is 0 Å². The van der Waals surface area contributed by atoms with E-state index in [2.05, 4.69) is 0 Å². The fourth-order valence-corrected chi connectivity index (χ4v) is 1.90. The molecular weight excluding hydrogens is 174 g/mol. The third-order valence-electron chi connectivity index (χ3n) is 2.78. The number of carbonyl (C=O) groups is 2. The van der Waals surface area contributed by atoms with Crippen molar-refractivity contribution < 1.29 is 19.8 Å². The van der Waals surface area contributed by atoms with Crippen molar-refractivity contribution in [3.8, 4) is 0 Å². The largest absolute Gasteiger partial charge is 0.481 e. The predicted molar refractivity (Wildman–Crippen MR) is 44.1 cm³/mol. The third kappa shape index (κ3) is 1.51. The molecule has 0 unspecified atom stereocenters. The molecule has 0 radical (unpaired) electrons. The average Bonchev–Trinajstić information content (AvgIpc) is 2.51. The second kappa shape index (κ2) is 3.33. The Labute approximate surface area is 75.5 Å². The summed E-state index contributed by atoms with van der Waals surface area (Å²) in [6.07, 6.45) is 2.23. The van der Waals surface area contributed by atoms with Crippen molar-refractivity contribution in [3.05, 3.63) is 0 Å². The lowest BCUT2D eigenvalue weighted by molar-refractivity contribution is -0.157. The zero-order valence-electron chi connectivity index (χ0n) is 7.19. The molecule has 4 N–H and O–H groups in total. The first-order valence-corrected chi connectivity index (χ1v) is 4.22. The zero-order chi connectivity index (χ0) is 10.1. The topological polar surface area (TPSA) is 101 Å². The maximum absolute atomic E-state index is 10.9. The molecule has 0 amide bonds. The summed E-state index contributed by atoms with van der Waals surface area (Å²) in [7, 11) is 0. The molecule has 0 saturated heterocycles. The fourth-order valence-electron chi connectivity index (χ4n) is 1.90. The predicted octanol–water partition coefficient (Wildman–Crippen LogP) is 0.0433. The SMILES string of the molecule is N[C@H](C(=O)O)C1(C(=O)O)CCCC1. The highest BCUT2D eigenvalue weighted by Crippen LogP contribution is 2.40. The molecule has 0 aliphatic heterocycles. The highest BCUT2D eigenvalue weighted by molar-refractivity contribution is 5.86. The van der Waals surface area contributed by atoms with Crippen molar-refractivity contribution in [2.24, 2.45) is 11.1 Å². The van der Waals surface area contributed by atoms with Crippen LogP contribution in [0.2, 0.25) is 0 Å². The van der Waals surface area contributed by atoms with E-state index in [0.29, 0.717) is 12.8 Å². The number of carboxylic acid groups (broad SMARTS) is 2. The van der Waals surface area contributed by atoms with Gasteiger partial charge in [0.25, 0.3) is 0 Å². The van der Waals surface area contributed by atoms with Gasteiger partial charge in [-0.05, 0) is 12.8 Å². The van der Waals surface area contributed by atoms with Crippen molar-refractivity contribution in [2.45, 2.75) is 31.7 Å². The molecule has 74 valence electrons. The summed E-state index contributed by atoms with van der Waals surface area (Å²) in [6.45, 7) is 0. The van der Waals surface area contributed by atoms with Gasteiger partial charge in [0, 0.05) is 0 Å². The zero-order valence-corrected chi connectivity index (χ0v) is 7.19. The van der Waals surface area contributed by atoms with Gasteiger partial charge in [-0.25, -0.2) is 0 Å². The molecule has 5 heteroatoms. The monoisotopic (exact) mass is 187 g/mol. The lowest BCUT2D eigenvalue weighted by Gasteiger charge is -2.27. The third-order valence-corrected chi connectivity index (χ3v) is 2.78. The van der Waals surface area contributed by atoms with Gasteiger partial charge in [-0.1, -0.05) is 12.8 Å². The normalized spacial score (nSPS) is 22.5. The van der Waals surface area contributed by atoms with Gasteiger partial charge in [-0.2, -0.15) is 0 Å². The van der Waals surface area contributed by atoms with Crippen LogP contribution >= 0.6 is 0 Å². The number of carboxylic acids is 2. The maximum atomic E-state index is 10.9. The Morgan fingerprint density at radius 2 is 1.69 bits per heavy atom. The van der Waals surface area contributed by atoms with Gasteiger partial charge in [0.1, 0.15) is 6.04 Å². The van der Waals surface area contributed by atoms with E-state index in [1.165, 1.54) is 0 Å². The lowest BCUT2D eigenvalue weighted by atomic mass is 9.79. The minimum absolute atomic E-state index is 0.371. The van der Waals surface area contributed by atoms with Gasteiger partial charge in [0.05, 0.1) is 5.41 Å². The molecular formula is C8H13NO4. The van der Waals surface area contributed by atoms with Crippen LogP contribution < -0.4 is 5.73 Å². The van der Waals surface area contributed by atoms with E-state index in [9.17, 15) is 9.59 Å². The van der Waals surface area contributed by atoms with Crippen LogP contribution in [0.1, 0.15) is 25.7 Å². The van der Waals surface area contributed by atoms with E-state index in [-0.39, 0.29) is 0 Å². The summed E-state index contributed by atoms with van der Waals surface area (Å²) >= 11 is 0. The Balaban J connectivity index is 2.90. The highest BCUT2D eigenvalue weighted by Gasteiger charge is 2.49. The second-order valence-corrected chi connectivity index (χ2v) is 3.48. The molecule has 1 rings (SSSR count). The van der Waals surface area contributed by atoms with Gasteiger partial charge in [0.2, 0.25) is 0 Å². The minimum atomic E-state index is -1.28. The number of nitrogens with two attached hydrogens (primary N) is 1. The molecule has 13 heavy (non-hydrogen) atoms. The average molecular weight is 187 g/mol. The second-order valence-electron chi connectivity index (χ2n) is 3.48. The number of hydrogen-bond acceptors (Lipinski definition) is 3. The van der Waals surface area contributed by atoms with Gasteiger partial charge < -0.3 is 15.9 Å². The van der Waals surface area contributed by atoms with Crippen molar-refractivity contribution >= 4 is 11.9 Å². The van der Waals surface area contributed by atoms with E-state index in [1.54, 1.807) is 0 Å². The maximum Gasteiger partial charge on any atom is 0.321 e. The molecule has 0 aromatic carbocycles. The molecule has 1 aliphatic rings. The van der Waals surface area contributed by atoms with Crippen LogP contribution in [-0.2, 0) is 9.59 Å². The molecule has 1 fully saturated rings. The molecule has 5 nitrogen and oxygen atoms in total. The van der Waals surface area contributed by atoms with Crippen LogP contribution in [0.5, 0.6) is 0 Å². The van der Waals surface area contributed by atoms with E-state index in [4.69, 9.17) is 15.9 Å². The van der Waals surface area contributed by atoms with E-state index < -0.39 is 23.4 Å². The first-order chi connectivity index (χ1) is 6.00. The van der Waals surface area contributed by atoms with Crippen LogP contribution in [0, 0.1) is 5.41 Å².